The zero-order chi connectivity index (χ0) is 48.2. The third-order valence-corrected chi connectivity index (χ3v) is 14.2. The summed E-state index contributed by atoms with van der Waals surface area (Å²) in [5.74, 6) is 0.785. The second-order valence-corrected chi connectivity index (χ2v) is 34.3. The van der Waals surface area contributed by atoms with Crippen molar-refractivity contribution in [3.8, 4) is 11.1 Å². The average Bonchev–Trinajstić information content (AvgIpc) is 3.53. The Labute approximate surface area is 391 Å². The van der Waals surface area contributed by atoms with E-state index in [1.54, 1.807) is 70.6 Å². The van der Waals surface area contributed by atoms with Crippen molar-refractivity contribution < 1.29 is 38.1 Å². The Balaban J connectivity index is 1.85. The van der Waals surface area contributed by atoms with Crippen LogP contribution in [0.15, 0.2) is 29.0 Å². The third kappa shape index (κ3) is 15.7. The van der Waals surface area contributed by atoms with Gasteiger partial charge in [0, 0.05) is 64.7 Å². The Morgan fingerprint density at radius 1 is 0.797 bits per heavy atom. The highest BCUT2D eigenvalue weighted by molar-refractivity contribution is 9.10. The number of aromatic nitrogens is 4. The summed E-state index contributed by atoms with van der Waals surface area (Å²) in [7, 11) is -2.75. The topological polar surface area (TPSA) is 162 Å². The highest BCUT2D eigenvalue weighted by Gasteiger charge is 2.39. The van der Waals surface area contributed by atoms with Crippen LogP contribution in [0.4, 0.5) is 26.0 Å². The van der Waals surface area contributed by atoms with Gasteiger partial charge in [-0.05, 0) is 129 Å². The lowest BCUT2D eigenvalue weighted by molar-refractivity contribution is -0.00280. The van der Waals surface area contributed by atoms with Crippen LogP contribution < -0.4 is 15.3 Å². The summed E-state index contributed by atoms with van der Waals surface area (Å²) in [5.41, 5.74) is 2.95. The number of halogens is 1. The number of ether oxygens (including phenoxy) is 5. The number of hydrogen-bond donors (Lipinski definition) is 1. The van der Waals surface area contributed by atoms with Gasteiger partial charge in [-0.1, -0.05) is 39.3 Å². The summed E-state index contributed by atoms with van der Waals surface area (Å²) in [6.07, 6.45) is 2.63. The number of amides is 3. The standard InChI is InChI=1S/C45H75BrN8O8Si2/c1-30-24-33(25-31(2)52(30)41(56)61-44(6,7)8)37-36(46)39(51(28-58-20-22-63(12,13)14)29-59-21-23-64(15,16)17)54-38(49-37)34(27-48-54)32-18-19-35(47-26-32)53(42(57)62-45(9,10)11)50-40(55)60-43(3,4)5/h18-19,26-27,30-31,33H,20-25,28-29H2,1-17H3,(H,50,55)/t30-,31?,33-/m0/s1. The number of likely N-dealkylation sites (tertiary alicyclic amines) is 1. The normalized spacial score (nSPS) is 17.6. The first kappa shape index (κ1) is 52.8. The van der Waals surface area contributed by atoms with E-state index in [-0.39, 0.29) is 43.4 Å². The van der Waals surface area contributed by atoms with Crippen LogP contribution in [0.2, 0.25) is 51.4 Å². The van der Waals surface area contributed by atoms with Crippen molar-refractivity contribution in [2.75, 3.05) is 36.6 Å². The second-order valence-electron chi connectivity index (χ2n) is 22.3. The summed E-state index contributed by atoms with van der Waals surface area (Å²) in [6.45, 7) is 35.9. The minimum Gasteiger partial charge on any atom is -0.444 e. The monoisotopic (exact) mass is 990 g/mol. The molecule has 0 aromatic carbocycles. The zero-order valence-corrected chi connectivity index (χ0v) is 45.1. The van der Waals surface area contributed by atoms with Gasteiger partial charge in [0.05, 0.1) is 16.4 Å². The van der Waals surface area contributed by atoms with Gasteiger partial charge in [0.2, 0.25) is 0 Å². The molecular weight excluding hydrogens is 917 g/mol. The first-order valence-electron chi connectivity index (χ1n) is 22.3. The molecule has 0 saturated carbocycles. The molecule has 0 radical (unpaired) electrons. The number of piperidine rings is 1. The zero-order valence-electron chi connectivity index (χ0n) is 41.5. The van der Waals surface area contributed by atoms with Gasteiger partial charge in [-0.3, -0.25) is 0 Å². The molecule has 1 fully saturated rings. The van der Waals surface area contributed by atoms with Crippen LogP contribution in [-0.2, 0) is 23.7 Å². The molecule has 3 aromatic rings. The Bertz CT molecular complexity index is 2040. The highest BCUT2D eigenvalue weighted by atomic mass is 79.9. The molecule has 0 spiro atoms. The Kier molecular flexibility index (Phi) is 17.2. The molecular formula is C45H75BrN8O8Si2. The van der Waals surface area contributed by atoms with Gasteiger partial charge in [0.1, 0.15) is 30.3 Å². The summed E-state index contributed by atoms with van der Waals surface area (Å²) >= 11 is 4.03. The number of pyridine rings is 1. The quantitative estimate of drug-likeness (QED) is 0.0536. The lowest BCUT2D eigenvalue weighted by Gasteiger charge is -2.43. The average molecular weight is 992 g/mol. The molecule has 4 heterocycles. The number of hydrogen-bond acceptors (Lipinski definition) is 12. The Morgan fingerprint density at radius 2 is 1.33 bits per heavy atom. The molecule has 1 aliphatic heterocycles. The SMILES string of the molecule is CC1C[C@@H](c2nc3c(-c4ccc(N(NC(=O)OC(C)(C)C)C(=O)OC(C)(C)C)nc4)cnn3c(N(COCC[Si](C)(C)C)COCC[Si](C)(C)C)c2Br)C[C@H](C)N1C(=O)OC(C)(C)C. The van der Waals surface area contributed by atoms with Crippen LogP contribution in [0.5, 0.6) is 0 Å². The van der Waals surface area contributed by atoms with E-state index < -0.39 is 45.1 Å². The van der Waals surface area contributed by atoms with Crippen molar-refractivity contribution in [3.63, 3.8) is 0 Å². The van der Waals surface area contributed by atoms with Gasteiger partial charge in [-0.25, -0.2) is 29.8 Å². The van der Waals surface area contributed by atoms with Crippen LogP contribution in [0, 0.1) is 0 Å². The van der Waals surface area contributed by atoms with Crippen LogP contribution in [0.25, 0.3) is 16.8 Å². The molecule has 1 N–H and O–H groups in total. The Hall–Kier alpha value is -3.79. The molecule has 19 heteroatoms. The van der Waals surface area contributed by atoms with Crippen molar-refractivity contribution in [2.24, 2.45) is 0 Å². The van der Waals surface area contributed by atoms with E-state index in [1.165, 1.54) is 0 Å². The van der Waals surface area contributed by atoms with Crippen molar-refractivity contribution >= 4 is 67.6 Å². The molecule has 3 amide bonds. The lowest BCUT2D eigenvalue weighted by atomic mass is 9.85. The lowest BCUT2D eigenvalue weighted by Crippen LogP contribution is -2.51. The fourth-order valence-corrected chi connectivity index (χ4v) is 9.39. The minimum absolute atomic E-state index is 0.0474. The van der Waals surface area contributed by atoms with Crippen molar-refractivity contribution in [3.05, 3.63) is 34.7 Å². The van der Waals surface area contributed by atoms with Gasteiger partial charge in [-0.2, -0.15) is 14.6 Å². The van der Waals surface area contributed by atoms with E-state index in [9.17, 15) is 14.4 Å². The molecule has 0 aliphatic carbocycles. The summed E-state index contributed by atoms with van der Waals surface area (Å²) in [6, 6.07) is 5.15. The summed E-state index contributed by atoms with van der Waals surface area (Å²) < 4.78 is 32.3. The number of rotatable bonds is 14. The fraction of sp³-hybridized carbons (Fsp3) is 0.689. The molecule has 64 heavy (non-hydrogen) atoms. The van der Waals surface area contributed by atoms with Gasteiger partial charge in [0.25, 0.3) is 0 Å². The van der Waals surface area contributed by atoms with E-state index >= 15 is 0 Å². The third-order valence-electron chi connectivity index (χ3n) is 10.0. The van der Waals surface area contributed by atoms with E-state index in [0.29, 0.717) is 42.8 Å². The first-order valence-corrected chi connectivity index (χ1v) is 30.5. The maximum Gasteiger partial charge on any atom is 0.435 e. The van der Waals surface area contributed by atoms with Crippen LogP contribution in [-0.4, -0.2) is 114 Å². The van der Waals surface area contributed by atoms with Crippen LogP contribution >= 0.6 is 15.9 Å². The predicted molar refractivity (Wildman–Crippen MR) is 261 cm³/mol. The molecule has 3 atom stereocenters. The highest BCUT2D eigenvalue weighted by Crippen LogP contribution is 2.42. The maximum atomic E-state index is 13.5. The molecule has 4 rings (SSSR count). The van der Waals surface area contributed by atoms with E-state index in [0.717, 1.165) is 33.1 Å². The number of nitrogens with zero attached hydrogens (tertiary/aromatic N) is 7. The number of anilines is 2. The number of carbonyl (C=O) groups excluding carboxylic acids is 3. The summed E-state index contributed by atoms with van der Waals surface area (Å²) in [5, 5.41) is 5.86. The number of nitrogens with one attached hydrogen (secondary N) is 1. The number of hydrazine groups is 1. The number of carbonyl (C=O) groups is 3. The molecule has 0 bridgehead atoms. The van der Waals surface area contributed by atoms with E-state index in [1.807, 2.05) is 25.7 Å². The largest absolute Gasteiger partial charge is 0.444 e. The van der Waals surface area contributed by atoms with Gasteiger partial charge < -0.3 is 33.5 Å². The van der Waals surface area contributed by atoms with Gasteiger partial charge in [-0.15, -0.1) is 0 Å². The first-order chi connectivity index (χ1) is 29.3. The second kappa shape index (κ2) is 20.8. The molecule has 1 aliphatic rings. The van der Waals surface area contributed by atoms with Gasteiger partial charge in [0.15, 0.2) is 17.3 Å². The van der Waals surface area contributed by atoms with Crippen molar-refractivity contribution in [1.82, 2.24) is 29.9 Å². The smallest absolute Gasteiger partial charge is 0.435 e. The van der Waals surface area contributed by atoms with Crippen molar-refractivity contribution in [1.29, 1.82) is 0 Å². The van der Waals surface area contributed by atoms with Crippen molar-refractivity contribution in [2.45, 2.75) is 175 Å². The van der Waals surface area contributed by atoms with Gasteiger partial charge >= 0.3 is 18.3 Å². The molecule has 1 saturated heterocycles. The van der Waals surface area contributed by atoms with Crippen LogP contribution in [0.3, 0.4) is 0 Å². The van der Waals surface area contributed by atoms with Crippen LogP contribution in [0.1, 0.15) is 101 Å². The van der Waals surface area contributed by atoms with E-state index in [4.69, 9.17) is 33.8 Å². The van der Waals surface area contributed by atoms with E-state index in [2.05, 4.69) is 84.4 Å². The number of fused-ring (bicyclic) bond motifs is 1. The molecule has 3 aromatic heterocycles. The molecule has 1 unspecified atom stereocenters. The Morgan fingerprint density at radius 3 is 1.80 bits per heavy atom. The molecule has 358 valence electrons. The summed E-state index contributed by atoms with van der Waals surface area (Å²) in [4.78, 5) is 53.7. The molecule has 16 nitrogen and oxygen atoms in total. The maximum absolute atomic E-state index is 13.5. The predicted octanol–water partition coefficient (Wildman–Crippen LogP) is 11.1. The fourth-order valence-electron chi connectivity index (χ4n) is 7.04. The minimum atomic E-state index is -1.37.